The lowest BCUT2D eigenvalue weighted by Gasteiger charge is -2.18. The molecular formula is C13H13F3N2S. The number of anilines is 1. The monoisotopic (exact) mass is 286 g/mol. The first-order chi connectivity index (χ1) is 8.90. The van der Waals surface area contributed by atoms with Gasteiger partial charge in [-0.1, -0.05) is 0 Å². The van der Waals surface area contributed by atoms with Crippen LogP contribution in [0, 0.1) is 11.3 Å². The minimum absolute atomic E-state index is 0.0175. The van der Waals surface area contributed by atoms with Crippen molar-refractivity contribution in [3.8, 4) is 6.07 Å². The summed E-state index contributed by atoms with van der Waals surface area (Å²) in [4.78, 5) is 0. The van der Waals surface area contributed by atoms with E-state index in [0.29, 0.717) is 6.54 Å². The zero-order valence-corrected chi connectivity index (χ0v) is 11.2. The van der Waals surface area contributed by atoms with Crippen LogP contribution in [0.3, 0.4) is 0 Å². The molecule has 1 aliphatic rings. The number of halogens is 3. The Labute approximate surface area is 114 Å². The highest BCUT2D eigenvalue weighted by Crippen LogP contribution is 2.47. The van der Waals surface area contributed by atoms with E-state index in [1.165, 1.54) is 12.1 Å². The number of hydrogen-bond donors (Lipinski definition) is 1. The Morgan fingerprint density at radius 3 is 2.58 bits per heavy atom. The molecule has 0 aliphatic heterocycles. The molecule has 0 aromatic heterocycles. The van der Waals surface area contributed by atoms with Crippen LogP contribution < -0.4 is 5.32 Å². The maximum atomic E-state index is 12.9. The number of rotatable bonds is 4. The normalized spacial score (nSPS) is 16.8. The molecule has 2 rings (SSSR count). The Morgan fingerprint density at radius 2 is 2.11 bits per heavy atom. The van der Waals surface area contributed by atoms with Crippen molar-refractivity contribution in [2.75, 3.05) is 18.1 Å². The van der Waals surface area contributed by atoms with E-state index < -0.39 is 11.7 Å². The molecule has 1 fully saturated rings. The van der Waals surface area contributed by atoms with Gasteiger partial charge in [0.25, 0.3) is 0 Å². The lowest BCUT2D eigenvalue weighted by atomic mass is 10.1. The Morgan fingerprint density at radius 1 is 1.42 bits per heavy atom. The zero-order valence-electron chi connectivity index (χ0n) is 10.3. The number of benzene rings is 1. The molecule has 0 atom stereocenters. The summed E-state index contributed by atoms with van der Waals surface area (Å²) in [6.45, 7) is 0.517. The Kier molecular flexibility index (Phi) is 3.68. The largest absolute Gasteiger partial charge is 0.418 e. The van der Waals surface area contributed by atoms with Crippen molar-refractivity contribution >= 4 is 17.4 Å². The van der Waals surface area contributed by atoms with Crippen LogP contribution in [0.5, 0.6) is 0 Å². The van der Waals surface area contributed by atoms with Crippen molar-refractivity contribution in [3.05, 3.63) is 29.3 Å². The predicted octanol–water partition coefficient (Wildman–Crippen LogP) is 3.88. The fraction of sp³-hybridized carbons (Fsp3) is 0.462. The fourth-order valence-corrected chi connectivity index (χ4v) is 2.58. The van der Waals surface area contributed by atoms with Crippen molar-refractivity contribution in [2.24, 2.45) is 0 Å². The van der Waals surface area contributed by atoms with Crippen LogP contribution in [0.2, 0.25) is 0 Å². The SMILES string of the molecule is CSC1(CNc2ccc(C#N)cc2C(F)(F)F)CC1. The van der Waals surface area contributed by atoms with Gasteiger partial charge in [-0.3, -0.25) is 0 Å². The standard InChI is InChI=1S/C13H13F3N2S/c1-19-12(4-5-12)8-18-11-3-2-9(7-17)6-10(11)13(14,15)16/h2-3,6,18H,4-5,8H2,1H3. The molecule has 0 spiro atoms. The van der Waals surface area contributed by atoms with Crippen LogP contribution in [-0.2, 0) is 6.18 Å². The average Bonchev–Trinajstić information content (AvgIpc) is 3.16. The van der Waals surface area contributed by atoms with E-state index in [1.54, 1.807) is 17.8 Å². The van der Waals surface area contributed by atoms with Crippen molar-refractivity contribution in [3.63, 3.8) is 0 Å². The molecule has 0 saturated heterocycles. The minimum Gasteiger partial charge on any atom is -0.383 e. The summed E-state index contributed by atoms with van der Waals surface area (Å²) in [5, 5.41) is 11.6. The summed E-state index contributed by atoms with van der Waals surface area (Å²) in [6.07, 6.45) is -0.430. The zero-order chi connectivity index (χ0) is 14.1. The van der Waals surface area contributed by atoms with Gasteiger partial charge in [0.2, 0.25) is 0 Å². The average molecular weight is 286 g/mol. The molecule has 19 heavy (non-hydrogen) atoms. The second kappa shape index (κ2) is 4.97. The number of nitrogens with zero attached hydrogens (tertiary/aromatic N) is 1. The number of thioether (sulfide) groups is 1. The minimum atomic E-state index is -4.45. The van der Waals surface area contributed by atoms with E-state index in [1.807, 2.05) is 6.26 Å². The quantitative estimate of drug-likeness (QED) is 0.912. The first-order valence-corrected chi connectivity index (χ1v) is 7.03. The molecule has 1 saturated carbocycles. The molecule has 1 aromatic carbocycles. The summed E-state index contributed by atoms with van der Waals surface area (Å²) in [5.41, 5.74) is -0.709. The van der Waals surface area contributed by atoms with E-state index in [9.17, 15) is 13.2 Å². The van der Waals surface area contributed by atoms with Gasteiger partial charge in [0, 0.05) is 17.0 Å². The topological polar surface area (TPSA) is 35.8 Å². The van der Waals surface area contributed by atoms with Crippen LogP contribution in [0.4, 0.5) is 18.9 Å². The second-order valence-electron chi connectivity index (χ2n) is 4.61. The van der Waals surface area contributed by atoms with Crippen LogP contribution >= 0.6 is 11.8 Å². The highest BCUT2D eigenvalue weighted by Gasteiger charge is 2.42. The van der Waals surface area contributed by atoms with Crippen molar-refractivity contribution in [1.29, 1.82) is 5.26 Å². The molecule has 0 amide bonds. The third kappa shape index (κ3) is 3.16. The van der Waals surface area contributed by atoms with Crippen LogP contribution in [0.15, 0.2) is 18.2 Å². The van der Waals surface area contributed by atoms with Crippen molar-refractivity contribution < 1.29 is 13.2 Å². The summed E-state index contributed by atoms with van der Waals surface area (Å²) < 4.78 is 38.9. The van der Waals surface area contributed by atoms with E-state index >= 15 is 0 Å². The summed E-state index contributed by atoms with van der Waals surface area (Å²) >= 11 is 1.68. The van der Waals surface area contributed by atoms with Crippen LogP contribution in [-0.4, -0.2) is 17.5 Å². The van der Waals surface area contributed by atoms with Gasteiger partial charge in [-0.2, -0.15) is 30.2 Å². The smallest absolute Gasteiger partial charge is 0.383 e. The molecule has 0 radical (unpaired) electrons. The summed E-state index contributed by atoms with van der Waals surface area (Å²) in [5.74, 6) is 0. The molecular weight excluding hydrogens is 273 g/mol. The summed E-state index contributed by atoms with van der Waals surface area (Å²) in [6, 6.07) is 5.35. The van der Waals surface area contributed by atoms with Gasteiger partial charge in [-0.15, -0.1) is 0 Å². The number of nitriles is 1. The van der Waals surface area contributed by atoms with E-state index in [4.69, 9.17) is 5.26 Å². The molecule has 2 nitrogen and oxygen atoms in total. The second-order valence-corrected chi connectivity index (χ2v) is 5.88. The summed E-state index contributed by atoms with van der Waals surface area (Å²) in [7, 11) is 0. The molecule has 0 heterocycles. The van der Waals surface area contributed by atoms with Gasteiger partial charge < -0.3 is 5.32 Å². The molecule has 6 heteroatoms. The highest BCUT2D eigenvalue weighted by molar-refractivity contribution is 8.00. The van der Waals surface area contributed by atoms with Crippen molar-refractivity contribution in [1.82, 2.24) is 0 Å². The van der Waals surface area contributed by atoms with Gasteiger partial charge in [-0.25, -0.2) is 0 Å². The molecule has 102 valence electrons. The van der Waals surface area contributed by atoms with Crippen LogP contribution in [0.25, 0.3) is 0 Å². The molecule has 1 aliphatic carbocycles. The molecule has 1 aromatic rings. The van der Waals surface area contributed by atoms with E-state index in [-0.39, 0.29) is 16.0 Å². The maximum Gasteiger partial charge on any atom is 0.418 e. The van der Waals surface area contributed by atoms with Gasteiger partial charge in [-0.05, 0) is 37.3 Å². The Balaban J connectivity index is 2.22. The Hall–Kier alpha value is -1.35. The van der Waals surface area contributed by atoms with E-state index in [0.717, 1.165) is 18.9 Å². The van der Waals surface area contributed by atoms with E-state index in [2.05, 4.69) is 5.32 Å². The first kappa shape index (κ1) is 14.1. The fourth-order valence-electron chi connectivity index (χ4n) is 1.85. The van der Waals surface area contributed by atoms with Gasteiger partial charge in [0.1, 0.15) is 0 Å². The van der Waals surface area contributed by atoms with Gasteiger partial charge in [0.15, 0.2) is 0 Å². The number of nitrogens with one attached hydrogen (secondary N) is 1. The third-order valence-corrected chi connectivity index (χ3v) is 4.71. The first-order valence-electron chi connectivity index (χ1n) is 5.81. The lowest BCUT2D eigenvalue weighted by Crippen LogP contribution is -2.20. The molecule has 0 unspecified atom stereocenters. The number of hydrogen-bond acceptors (Lipinski definition) is 3. The molecule has 0 bridgehead atoms. The van der Waals surface area contributed by atoms with Crippen LogP contribution in [0.1, 0.15) is 24.0 Å². The van der Waals surface area contributed by atoms with Gasteiger partial charge in [0.05, 0.1) is 17.2 Å². The molecule has 1 N–H and O–H groups in total. The maximum absolute atomic E-state index is 12.9. The van der Waals surface area contributed by atoms with Crippen molar-refractivity contribution in [2.45, 2.75) is 23.8 Å². The highest BCUT2D eigenvalue weighted by atomic mass is 32.2. The lowest BCUT2D eigenvalue weighted by molar-refractivity contribution is -0.137. The Bertz CT molecular complexity index is 516. The van der Waals surface area contributed by atoms with Gasteiger partial charge >= 0.3 is 6.18 Å². The third-order valence-electron chi connectivity index (χ3n) is 3.30. The number of alkyl halides is 3. The predicted molar refractivity (Wildman–Crippen MR) is 70.1 cm³/mol.